The number of carbonyl (C=O) groups excluding carboxylic acids is 1. The first-order chi connectivity index (χ1) is 11.4. The van der Waals surface area contributed by atoms with E-state index in [1.54, 1.807) is 12.1 Å². The molecule has 4 heteroatoms. The van der Waals surface area contributed by atoms with E-state index in [1.165, 1.54) is 12.7 Å². The summed E-state index contributed by atoms with van der Waals surface area (Å²) in [5.74, 6) is 0.267. The van der Waals surface area contributed by atoms with E-state index >= 15 is 0 Å². The molecule has 0 heterocycles. The Hall–Kier alpha value is -2.26. The highest BCUT2D eigenvalue weighted by Crippen LogP contribution is 2.36. The smallest absolute Gasteiger partial charge is 0.189 e. The van der Waals surface area contributed by atoms with Crippen LogP contribution in [0.15, 0.2) is 29.8 Å². The number of carbonyl (C=O) groups is 1. The van der Waals surface area contributed by atoms with Crippen LogP contribution in [-0.4, -0.2) is 18.0 Å². The molecule has 24 heavy (non-hydrogen) atoms. The third-order valence-corrected chi connectivity index (χ3v) is 4.70. The van der Waals surface area contributed by atoms with E-state index in [0.717, 1.165) is 34.2 Å². The predicted molar refractivity (Wildman–Crippen MR) is 96.2 cm³/mol. The lowest BCUT2D eigenvalue weighted by Crippen LogP contribution is -2.15. The summed E-state index contributed by atoms with van der Waals surface area (Å²) in [5.41, 5.74) is 5.69. The van der Waals surface area contributed by atoms with Crippen molar-refractivity contribution >= 4 is 23.5 Å². The van der Waals surface area contributed by atoms with Crippen molar-refractivity contribution in [3.63, 3.8) is 0 Å². The lowest BCUT2D eigenvalue weighted by atomic mass is 9.83. The Morgan fingerprint density at radius 3 is 2.62 bits per heavy atom. The van der Waals surface area contributed by atoms with Gasteiger partial charge in [0.15, 0.2) is 17.3 Å². The van der Waals surface area contributed by atoms with Gasteiger partial charge in [0.05, 0.1) is 12.1 Å². The summed E-state index contributed by atoms with van der Waals surface area (Å²) in [7, 11) is 1.47. The minimum absolute atomic E-state index is 0.0613. The molecule has 1 aliphatic rings. The lowest BCUT2D eigenvalue weighted by molar-refractivity contribution is 0.102. The molecule has 0 radical (unpaired) electrons. The van der Waals surface area contributed by atoms with Crippen molar-refractivity contribution in [3.05, 3.63) is 62.7 Å². The van der Waals surface area contributed by atoms with Gasteiger partial charge >= 0.3 is 0 Å². The number of aromatic hydroxyl groups is 1. The fourth-order valence-electron chi connectivity index (χ4n) is 3.25. The minimum Gasteiger partial charge on any atom is -0.503 e. The average Bonchev–Trinajstić information content (AvgIpc) is 2.53. The molecule has 0 amide bonds. The number of fused-ring (bicyclic) bond motifs is 1. The maximum absolute atomic E-state index is 12.8. The zero-order valence-electron chi connectivity index (χ0n) is 13.9. The molecule has 0 bridgehead atoms. The summed E-state index contributed by atoms with van der Waals surface area (Å²) in [6.45, 7) is 4.06. The summed E-state index contributed by atoms with van der Waals surface area (Å²) in [6, 6.07) is 7.39. The Morgan fingerprint density at radius 1 is 1.17 bits per heavy atom. The van der Waals surface area contributed by atoms with Crippen LogP contribution in [0.3, 0.4) is 0 Å². The van der Waals surface area contributed by atoms with Crippen LogP contribution in [0.2, 0.25) is 5.02 Å². The van der Waals surface area contributed by atoms with E-state index in [4.69, 9.17) is 16.3 Å². The number of phenolic OH excluding ortho intramolecular Hbond substituents is 1. The van der Waals surface area contributed by atoms with Crippen molar-refractivity contribution < 1.29 is 14.6 Å². The number of benzene rings is 2. The summed E-state index contributed by atoms with van der Waals surface area (Å²) in [6.07, 6.45) is 3.37. The number of rotatable bonds is 2. The third-order valence-electron chi connectivity index (χ3n) is 4.41. The van der Waals surface area contributed by atoms with Gasteiger partial charge in [-0.25, -0.2) is 0 Å². The fraction of sp³-hybridized carbons (Fsp3) is 0.250. The molecule has 1 N–H and O–H groups in total. The molecule has 0 saturated carbocycles. The van der Waals surface area contributed by atoms with Crippen LogP contribution in [0.5, 0.6) is 11.5 Å². The number of allylic oxidation sites excluding steroid dienone is 1. The molecule has 0 fully saturated rings. The van der Waals surface area contributed by atoms with Gasteiger partial charge in [-0.15, -0.1) is 0 Å². The molecule has 124 valence electrons. The van der Waals surface area contributed by atoms with E-state index in [1.807, 2.05) is 19.1 Å². The Labute approximate surface area is 146 Å². The molecule has 0 saturated heterocycles. The molecule has 3 nitrogen and oxygen atoms in total. The molecule has 3 rings (SSSR count). The standard InChI is InChI=1S/C20H19ClO3/c1-11-6-12(2)15-5-4-14(19(22)16(15)7-11)8-13-9-17(21)20(23)18(10-13)24-3/h6-10,23H,4-5H2,1-3H3/b14-8+. The number of Topliss-reactive ketones (excluding diaryl/α,β-unsaturated/α-hetero) is 1. The van der Waals surface area contributed by atoms with E-state index in [-0.39, 0.29) is 16.6 Å². The molecule has 0 aromatic heterocycles. The number of halogens is 1. The summed E-state index contributed by atoms with van der Waals surface area (Å²) >= 11 is 6.03. The number of aryl methyl sites for hydroxylation is 2. The molecule has 0 aliphatic heterocycles. The predicted octanol–water partition coefficient (Wildman–Crippen LogP) is 4.88. The SMILES string of the molecule is COc1cc(/C=C2\CCc3c(C)cc(C)cc3C2=O)cc(Cl)c1O. The summed E-state index contributed by atoms with van der Waals surface area (Å²) in [4.78, 5) is 12.8. The number of ketones is 1. The largest absolute Gasteiger partial charge is 0.503 e. The topological polar surface area (TPSA) is 46.5 Å². The lowest BCUT2D eigenvalue weighted by Gasteiger charge is -2.20. The third kappa shape index (κ3) is 2.92. The summed E-state index contributed by atoms with van der Waals surface area (Å²) < 4.78 is 5.12. The maximum atomic E-state index is 12.8. The van der Waals surface area contributed by atoms with Crippen LogP contribution in [0.25, 0.3) is 6.08 Å². The highest BCUT2D eigenvalue weighted by atomic mass is 35.5. The van der Waals surface area contributed by atoms with Gasteiger partial charge in [-0.05, 0) is 67.7 Å². The van der Waals surface area contributed by atoms with E-state index in [0.29, 0.717) is 12.2 Å². The van der Waals surface area contributed by atoms with Crippen molar-refractivity contribution in [2.75, 3.05) is 7.11 Å². The van der Waals surface area contributed by atoms with Crippen LogP contribution in [0, 0.1) is 13.8 Å². The number of methoxy groups -OCH3 is 1. The van der Waals surface area contributed by atoms with Gasteiger partial charge in [0.2, 0.25) is 0 Å². The van der Waals surface area contributed by atoms with Gasteiger partial charge in [0.25, 0.3) is 0 Å². The number of hydrogen-bond donors (Lipinski definition) is 1. The average molecular weight is 343 g/mol. The van der Waals surface area contributed by atoms with Gasteiger partial charge in [-0.2, -0.15) is 0 Å². The first kappa shape index (κ1) is 16.6. The second kappa shape index (κ2) is 6.33. The van der Waals surface area contributed by atoms with Gasteiger partial charge < -0.3 is 9.84 Å². The monoisotopic (exact) mass is 342 g/mol. The second-order valence-corrected chi connectivity index (χ2v) is 6.57. The molecule has 0 atom stereocenters. The van der Waals surface area contributed by atoms with Crippen LogP contribution in [0.4, 0.5) is 0 Å². The number of ether oxygens (including phenoxy) is 1. The first-order valence-electron chi connectivity index (χ1n) is 7.82. The van der Waals surface area contributed by atoms with Crippen LogP contribution in [-0.2, 0) is 6.42 Å². The van der Waals surface area contributed by atoms with Gasteiger partial charge in [-0.1, -0.05) is 23.2 Å². The molecule has 1 aliphatic carbocycles. The molecule has 0 unspecified atom stereocenters. The van der Waals surface area contributed by atoms with Crippen molar-refractivity contribution in [1.82, 2.24) is 0 Å². The molecular weight excluding hydrogens is 324 g/mol. The highest BCUT2D eigenvalue weighted by molar-refractivity contribution is 6.32. The molecular formula is C20H19ClO3. The van der Waals surface area contributed by atoms with E-state index in [9.17, 15) is 9.90 Å². The van der Waals surface area contributed by atoms with E-state index in [2.05, 4.69) is 13.0 Å². The van der Waals surface area contributed by atoms with Gasteiger partial charge in [0.1, 0.15) is 0 Å². The van der Waals surface area contributed by atoms with Crippen LogP contribution in [0.1, 0.15) is 39.0 Å². The quantitative estimate of drug-likeness (QED) is 0.791. The van der Waals surface area contributed by atoms with Crippen molar-refractivity contribution in [1.29, 1.82) is 0 Å². The zero-order valence-corrected chi connectivity index (χ0v) is 14.7. The van der Waals surface area contributed by atoms with Crippen LogP contribution < -0.4 is 4.74 Å². The zero-order chi connectivity index (χ0) is 17.4. The van der Waals surface area contributed by atoms with Gasteiger partial charge in [-0.3, -0.25) is 4.79 Å². The summed E-state index contributed by atoms with van der Waals surface area (Å²) in [5, 5.41) is 10.0. The maximum Gasteiger partial charge on any atom is 0.189 e. The Bertz CT molecular complexity index is 866. The van der Waals surface area contributed by atoms with Crippen molar-refractivity contribution in [3.8, 4) is 11.5 Å². The number of phenols is 1. The Kier molecular flexibility index (Phi) is 4.37. The normalized spacial score (nSPS) is 15.5. The molecule has 2 aromatic carbocycles. The minimum atomic E-state index is -0.0899. The van der Waals surface area contributed by atoms with E-state index < -0.39 is 0 Å². The second-order valence-electron chi connectivity index (χ2n) is 6.16. The van der Waals surface area contributed by atoms with Gasteiger partial charge in [0, 0.05) is 11.1 Å². The Morgan fingerprint density at radius 2 is 1.92 bits per heavy atom. The molecule has 0 spiro atoms. The number of hydrogen-bond acceptors (Lipinski definition) is 3. The highest BCUT2D eigenvalue weighted by Gasteiger charge is 2.23. The molecule has 2 aromatic rings. The van der Waals surface area contributed by atoms with Crippen molar-refractivity contribution in [2.24, 2.45) is 0 Å². The Balaban J connectivity index is 2.04. The van der Waals surface area contributed by atoms with Crippen LogP contribution >= 0.6 is 11.6 Å². The fourth-order valence-corrected chi connectivity index (χ4v) is 3.47. The van der Waals surface area contributed by atoms with Crippen molar-refractivity contribution in [2.45, 2.75) is 26.7 Å². The first-order valence-corrected chi connectivity index (χ1v) is 8.20.